The third-order valence-electron chi connectivity index (χ3n) is 2.66. The van der Waals surface area contributed by atoms with Gasteiger partial charge < -0.3 is 15.2 Å². The lowest BCUT2D eigenvalue weighted by Crippen LogP contribution is -2.16. The summed E-state index contributed by atoms with van der Waals surface area (Å²) in [4.78, 5) is 11.3. The van der Waals surface area contributed by atoms with Crippen molar-refractivity contribution in [3.63, 3.8) is 0 Å². The van der Waals surface area contributed by atoms with Crippen molar-refractivity contribution in [2.75, 3.05) is 11.9 Å². The van der Waals surface area contributed by atoms with Gasteiger partial charge in [0.2, 0.25) is 0 Å². The molecular formula is C14H13NO3S. The van der Waals surface area contributed by atoms with Crippen molar-refractivity contribution < 1.29 is 14.6 Å². The molecule has 2 rings (SSSR count). The first kappa shape index (κ1) is 13.3. The lowest BCUT2D eigenvalue weighted by atomic mass is 10.0. The van der Waals surface area contributed by atoms with Gasteiger partial charge in [0.15, 0.2) is 0 Å². The predicted molar refractivity (Wildman–Crippen MR) is 78.8 cm³/mol. The second kappa shape index (κ2) is 5.67. The number of aromatic carboxylic acids is 1. The molecular weight excluding hydrogens is 262 g/mol. The Morgan fingerprint density at radius 3 is 2.74 bits per heavy atom. The highest BCUT2D eigenvalue weighted by Crippen LogP contribution is 2.27. The molecule has 4 nitrogen and oxygen atoms in total. The zero-order valence-electron chi connectivity index (χ0n) is 10.3. The van der Waals surface area contributed by atoms with E-state index in [0.29, 0.717) is 12.3 Å². The van der Waals surface area contributed by atoms with Gasteiger partial charge in [0.1, 0.15) is 0 Å². The third-order valence-corrected chi connectivity index (χ3v) is 2.88. The Hall–Kier alpha value is -2.14. The Labute approximate surface area is 116 Å². The Morgan fingerprint density at radius 1 is 1.32 bits per heavy atom. The topological polar surface area (TPSA) is 58.6 Å². The molecule has 0 spiro atoms. The summed E-state index contributed by atoms with van der Waals surface area (Å²) in [6.45, 7) is 2.24. The summed E-state index contributed by atoms with van der Waals surface area (Å²) in [7, 11) is 0. The summed E-state index contributed by atoms with van der Waals surface area (Å²) in [6.07, 6.45) is 0. The van der Waals surface area contributed by atoms with Crippen LogP contribution in [-0.2, 0) is 4.74 Å². The number of carboxylic acid groups (broad SMARTS) is 1. The van der Waals surface area contributed by atoms with Crippen LogP contribution in [0.25, 0.3) is 10.8 Å². The quantitative estimate of drug-likeness (QED) is 0.842. The fourth-order valence-corrected chi connectivity index (χ4v) is 2.07. The smallest absolute Gasteiger partial charge is 0.337 e. The SMILES string of the molecule is CCOC(=S)Nc1c(C(=O)O)ccc2ccccc12. The maximum absolute atomic E-state index is 11.3. The number of ether oxygens (including phenoxy) is 1. The molecule has 0 unspecified atom stereocenters. The molecule has 0 aromatic heterocycles. The average Bonchev–Trinajstić information content (AvgIpc) is 2.39. The molecule has 0 heterocycles. The van der Waals surface area contributed by atoms with Crippen molar-refractivity contribution in [2.24, 2.45) is 0 Å². The highest BCUT2D eigenvalue weighted by atomic mass is 32.1. The van der Waals surface area contributed by atoms with Crippen LogP contribution in [0.3, 0.4) is 0 Å². The van der Waals surface area contributed by atoms with Gasteiger partial charge in [-0.25, -0.2) is 4.79 Å². The summed E-state index contributed by atoms with van der Waals surface area (Å²) in [5, 5.41) is 14.0. The molecule has 0 aliphatic carbocycles. The van der Waals surface area contributed by atoms with E-state index in [1.165, 1.54) is 0 Å². The molecule has 0 saturated heterocycles. The number of carboxylic acids is 1. The molecule has 98 valence electrons. The molecule has 0 amide bonds. The first-order chi connectivity index (χ1) is 9.13. The second-order valence-corrected chi connectivity index (χ2v) is 4.23. The molecule has 0 saturated carbocycles. The maximum Gasteiger partial charge on any atom is 0.337 e. The van der Waals surface area contributed by atoms with Crippen LogP contribution in [0.4, 0.5) is 5.69 Å². The van der Waals surface area contributed by atoms with Gasteiger partial charge in [-0.1, -0.05) is 30.3 Å². The van der Waals surface area contributed by atoms with Gasteiger partial charge in [0.25, 0.3) is 5.17 Å². The molecule has 19 heavy (non-hydrogen) atoms. The Balaban J connectivity index is 2.56. The van der Waals surface area contributed by atoms with Crippen molar-refractivity contribution in [1.29, 1.82) is 0 Å². The molecule has 2 aromatic rings. The highest BCUT2D eigenvalue weighted by molar-refractivity contribution is 7.80. The highest BCUT2D eigenvalue weighted by Gasteiger charge is 2.14. The molecule has 0 aliphatic rings. The minimum absolute atomic E-state index is 0.167. The van der Waals surface area contributed by atoms with Crippen molar-refractivity contribution in [1.82, 2.24) is 0 Å². The lowest BCUT2D eigenvalue weighted by Gasteiger charge is -2.13. The van der Waals surface area contributed by atoms with E-state index in [9.17, 15) is 9.90 Å². The van der Waals surface area contributed by atoms with Gasteiger partial charge >= 0.3 is 5.97 Å². The van der Waals surface area contributed by atoms with E-state index in [0.717, 1.165) is 10.8 Å². The van der Waals surface area contributed by atoms with Crippen LogP contribution >= 0.6 is 12.2 Å². The molecule has 0 bridgehead atoms. The van der Waals surface area contributed by atoms with Crippen LogP contribution in [0, 0.1) is 0 Å². The van der Waals surface area contributed by atoms with Crippen LogP contribution in [0.5, 0.6) is 0 Å². The number of benzene rings is 2. The van der Waals surface area contributed by atoms with Gasteiger partial charge in [-0.15, -0.1) is 0 Å². The minimum Gasteiger partial charge on any atom is -0.478 e. The van der Waals surface area contributed by atoms with E-state index >= 15 is 0 Å². The minimum atomic E-state index is -1.01. The van der Waals surface area contributed by atoms with Gasteiger partial charge in [-0.05, 0) is 30.6 Å². The van der Waals surface area contributed by atoms with Gasteiger partial charge in [-0.2, -0.15) is 0 Å². The normalized spacial score (nSPS) is 10.2. The molecule has 0 atom stereocenters. The molecule has 2 N–H and O–H groups in total. The first-order valence-electron chi connectivity index (χ1n) is 5.82. The number of thiocarbonyl (C=S) groups is 1. The maximum atomic E-state index is 11.3. The average molecular weight is 275 g/mol. The first-order valence-corrected chi connectivity index (χ1v) is 6.23. The van der Waals surface area contributed by atoms with Crippen LogP contribution in [0.15, 0.2) is 36.4 Å². The van der Waals surface area contributed by atoms with E-state index in [1.54, 1.807) is 12.1 Å². The molecule has 5 heteroatoms. The fourth-order valence-electron chi connectivity index (χ4n) is 1.85. The van der Waals surface area contributed by atoms with E-state index < -0.39 is 5.97 Å². The lowest BCUT2D eigenvalue weighted by molar-refractivity contribution is 0.0698. The molecule has 2 aromatic carbocycles. The Bertz CT molecular complexity index is 640. The Morgan fingerprint density at radius 2 is 2.05 bits per heavy atom. The van der Waals surface area contributed by atoms with Crippen molar-refractivity contribution in [2.45, 2.75) is 6.92 Å². The summed E-state index contributed by atoms with van der Waals surface area (Å²) in [5.41, 5.74) is 0.629. The van der Waals surface area contributed by atoms with E-state index in [4.69, 9.17) is 17.0 Å². The number of anilines is 1. The number of fused-ring (bicyclic) bond motifs is 1. The summed E-state index contributed by atoms with van der Waals surface area (Å²) in [6, 6.07) is 10.8. The van der Waals surface area contributed by atoms with Crippen LogP contribution in [0.2, 0.25) is 0 Å². The number of rotatable bonds is 3. The zero-order valence-corrected chi connectivity index (χ0v) is 11.2. The molecule has 0 fully saturated rings. The zero-order chi connectivity index (χ0) is 13.8. The van der Waals surface area contributed by atoms with Gasteiger partial charge in [-0.3, -0.25) is 0 Å². The molecule has 0 radical (unpaired) electrons. The van der Waals surface area contributed by atoms with Gasteiger partial charge in [0.05, 0.1) is 17.9 Å². The summed E-state index contributed by atoms with van der Waals surface area (Å²) >= 11 is 5.02. The largest absolute Gasteiger partial charge is 0.478 e. The monoisotopic (exact) mass is 275 g/mol. The molecule has 0 aliphatic heterocycles. The van der Waals surface area contributed by atoms with Crippen LogP contribution in [-0.4, -0.2) is 22.9 Å². The number of carbonyl (C=O) groups is 1. The standard InChI is InChI=1S/C14H13NO3S/c1-2-18-14(19)15-12-10-6-4-3-5-9(10)7-8-11(12)13(16)17/h3-8H,2H2,1H3,(H,15,19)(H,16,17). The van der Waals surface area contributed by atoms with E-state index in [1.807, 2.05) is 31.2 Å². The third kappa shape index (κ3) is 2.82. The van der Waals surface area contributed by atoms with Crippen LogP contribution < -0.4 is 5.32 Å². The van der Waals surface area contributed by atoms with Crippen LogP contribution in [0.1, 0.15) is 17.3 Å². The van der Waals surface area contributed by atoms with Crippen molar-refractivity contribution in [3.8, 4) is 0 Å². The van der Waals surface area contributed by atoms with Gasteiger partial charge in [0, 0.05) is 5.39 Å². The number of nitrogens with one attached hydrogen (secondary N) is 1. The number of hydrogen-bond acceptors (Lipinski definition) is 3. The summed E-state index contributed by atoms with van der Waals surface area (Å²) in [5.74, 6) is -1.01. The second-order valence-electron chi connectivity index (χ2n) is 3.86. The van der Waals surface area contributed by atoms with Crippen molar-refractivity contribution in [3.05, 3.63) is 42.0 Å². The number of hydrogen-bond donors (Lipinski definition) is 2. The fraction of sp³-hybridized carbons (Fsp3) is 0.143. The predicted octanol–water partition coefficient (Wildman–Crippen LogP) is 3.27. The van der Waals surface area contributed by atoms with E-state index in [2.05, 4.69) is 5.32 Å². The van der Waals surface area contributed by atoms with Crippen molar-refractivity contribution >= 4 is 39.8 Å². The van der Waals surface area contributed by atoms with E-state index in [-0.39, 0.29) is 10.7 Å². The Kier molecular flexibility index (Phi) is 3.97. The summed E-state index contributed by atoms with van der Waals surface area (Å²) < 4.78 is 5.16.